The van der Waals surface area contributed by atoms with E-state index in [0.29, 0.717) is 5.56 Å². The van der Waals surface area contributed by atoms with E-state index < -0.39 is 10.9 Å². The van der Waals surface area contributed by atoms with E-state index in [2.05, 4.69) is 4.74 Å². The molecule has 0 spiro atoms. The Labute approximate surface area is 121 Å². The number of nitro benzene ring substituents is 1. The van der Waals surface area contributed by atoms with E-state index in [4.69, 9.17) is 0 Å². The van der Waals surface area contributed by atoms with Crippen molar-refractivity contribution in [3.05, 3.63) is 75.3 Å². The maximum Gasteiger partial charge on any atom is 0.344 e. The highest BCUT2D eigenvalue weighted by atomic mass is 16.6. The lowest BCUT2D eigenvalue weighted by Gasteiger charge is -2.02. The molecule has 0 bridgehead atoms. The van der Waals surface area contributed by atoms with Crippen LogP contribution in [0.15, 0.2) is 48.5 Å². The van der Waals surface area contributed by atoms with Gasteiger partial charge in [-0.05, 0) is 23.3 Å². The SMILES string of the molecule is COC(=O)c1cc(/C=C/c2ccccc2)ccc1[N+](=O)[O-]. The van der Waals surface area contributed by atoms with Gasteiger partial charge in [0.2, 0.25) is 0 Å². The van der Waals surface area contributed by atoms with Gasteiger partial charge < -0.3 is 4.74 Å². The number of ether oxygens (including phenoxy) is 1. The summed E-state index contributed by atoms with van der Waals surface area (Å²) in [6.45, 7) is 0. The van der Waals surface area contributed by atoms with E-state index in [9.17, 15) is 14.9 Å². The molecular formula is C16H13NO4. The van der Waals surface area contributed by atoms with Gasteiger partial charge in [-0.25, -0.2) is 4.79 Å². The molecule has 106 valence electrons. The number of nitro groups is 1. The van der Waals surface area contributed by atoms with Crippen molar-refractivity contribution in [1.29, 1.82) is 0 Å². The van der Waals surface area contributed by atoms with Gasteiger partial charge in [0, 0.05) is 6.07 Å². The fourth-order valence-corrected chi connectivity index (χ4v) is 1.85. The third-order valence-corrected chi connectivity index (χ3v) is 2.89. The summed E-state index contributed by atoms with van der Waals surface area (Å²) in [6, 6.07) is 13.9. The van der Waals surface area contributed by atoms with Crippen molar-refractivity contribution >= 4 is 23.8 Å². The quantitative estimate of drug-likeness (QED) is 0.372. The summed E-state index contributed by atoms with van der Waals surface area (Å²) in [4.78, 5) is 21.9. The van der Waals surface area contributed by atoms with Crippen molar-refractivity contribution in [3.8, 4) is 0 Å². The molecule has 0 saturated carbocycles. The highest BCUT2D eigenvalue weighted by molar-refractivity contribution is 5.94. The number of benzene rings is 2. The molecule has 0 aliphatic heterocycles. The molecule has 21 heavy (non-hydrogen) atoms. The Morgan fingerprint density at radius 1 is 1.10 bits per heavy atom. The van der Waals surface area contributed by atoms with Gasteiger partial charge in [-0.1, -0.05) is 42.5 Å². The second kappa shape index (κ2) is 6.47. The number of carbonyl (C=O) groups is 1. The zero-order valence-electron chi connectivity index (χ0n) is 11.4. The first-order valence-electron chi connectivity index (χ1n) is 6.21. The van der Waals surface area contributed by atoms with Crippen molar-refractivity contribution < 1.29 is 14.5 Å². The largest absolute Gasteiger partial charge is 0.465 e. The summed E-state index contributed by atoms with van der Waals surface area (Å²) < 4.78 is 4.58. The van der Waals surface area contributed by atoms with Crippen LogP contribution in [-0.2, 0) is 4.74 Å². The molecule has 0 heterocycles. The second-order valence-corrected chi connectivity index (χ2v) is 4.27. The molecule has 0 fully saturated rings. The monoisotopic (exact) mass is 283 g/mol. The Bertz CT molecular complexity index is 693. The predicted molar refractivity (Wildman–Crippen MR) is 79.8 cm³/mol. The molecule has 0 saturated heterocycles. The average molecular weight is 283 g/mol. The van der Waals surface area contributed by atoms with Crippen molar-refractivity contribution in [2.45, 2.75) is 0 Å². The van der Waals surface area contributed by atoms with Crippen LogP contribution in [0.5, 0.6) is 0 Å². The fraction of sp³-hybridized carbons (Fsp3) is 0.0625. The lowest BCUT2D eigenvalue weighted by Crippen LogP contribution is -2.05. The third kappa shape index (κ3) is 3.54. The second-order valence-electron chi connectivity index (χ2n) is 4.27. The maximum absolute atomic E-state index is 11.6. The molecule has 2 aromatic carbocycles. The van der Waals surface area contributed by atoms with Gasteiger partial charge >= 0.3 is 5.97 Å². The van der Waals surface area contributed by atoms with E-state index in [1.165, 1.54) is 19.2 Å². The molecule has 5 nitrogen and oxygen atoms in total. The number of nitrogens with zero attached hydrogens (tertiary/aromatic N) is 1. The van der Waals surface area contributed by atoms with Crippen molar-refractivity contribution in [2.75, 3.05) is 7.11 Å². The molecule has 0 unspecified atom stereocenters. The summed E-state index contributed by atoms with van der Waals surface area (Å²) in [6.07, 6.45) is 3.65. The Morgan fingerprint density at radius 2 is 1.76 bits per heavy atom. The molecule has 2 rings (SSSR count). The topological polar surface area (TPSA) is 69.4 Å². The van der Waals surface area contributed by atoms with E-state index in [1.54, 1.807) is 12.1 Å². The molecule has 0 amide bonds. The van der Waals surface area contributed by atoms with Crippen molar-refractivity contribution in [2.24, 2.45) is 0 Å². The molecule has 0 aliphatic rings. The zero-order chi connectivity index (χ0) is 15.2. The summed E-state index contributed by atoms with van der Waals surface area (Å²) in [7, 11) is 1.19. The average Bonchev–Trinajstić information content (AvgIpc) is 2.52. The maximum atomic E-state index is 11.6. The van der Waals surface area contributed by atoms with Crippen LogP contribution in [0.3, 0.4) is 0 Å². The van der Waals surface area contributed by atoms with E-state index >= 15 is 0 Å². The summed E-state index contributed by atoms with van der Waals surface area (Å²) in [5.74, 6) is -0.725. The summed E-state index contributed by atoms with van der Waals surface area (Å²) in [5, 5.41) is 10.9. The first-order chi connectivity index (χ1) is 10.1. The first kappa shape index (κ1) is 14.5. The molecule has 0 aromatic heterocycles. The number of carbonyl (C=O) groups excluding carboxylic acids is 1. The summed E-state index contributed by atoms with van der Waals surface area (Å²) >= 11 is 0. The Balaban J connectivity index is 2.36. The van der Waals surface area contributed by atoms with Gasteiger partial charge in [0.1, 0.15) is 5.56 Å². The highest BCUT2D eigenvalue weighted by Crippen LogP contribution is 2.22. The molecular weight excluding hydrogens is 270 g/mol. The van der Waals surface area contributed by atoms with Crippen LogP contribution in [0.2, 0.25) is 0 Å². The van der Waals surface area contributed by atoms with Crippen molar-refractivity contribution in [3.63, 3.8) is 0 Å². The first-order valence-corrected chi connectivity index (χ1v) is 6.21. The van der Waals surface area contributed by atoms with Crippen LogP contribution in [0, 0.1) is 10.1 Å². The smallest absolute Gasteiger partial charge is 0.344 e. The molecule has 0 aliphatic carbocycles. The van der Waals surface area contributed by atoms with Crippen LogP contribution in [0.4, 0.5) is 5.69 Å². The van der Waals surface area contributed by atoms with Crippen LogP contribution in [-0.4, -0.2) is 18.0 Å². The minimum Gasteiger partial charge on any atom is -0.465 e. The minimum absolute atomic E-state index is 0.0577. The number of hydrogen-bond acceptors (Lipinski definition) is 4. The van der Waals surface area contributed by atoms with Gasteiger partial charge in [0.05, 0.1) is 12.0 Å². The number of esters is 1. The molecule has 0 atom stereocenters. The van der Waals surface area contributed by atoms with Crippen LogP contribution < -0.4 is 0 Å². The predicted octanol–water partition coefficient (Wildman–Crippen LogP) is 3.55. The molecule has 2 aromatic rings. The highest BCUT2D eigenvalue weighted by Gasteiger charge is 2.20. The minimum atomic E-state index is -0.725. The lowest BCUT2D eigenvalue weighted by atomic mass is 10.1. The molecule has 5 heteroatoms. The standard InChI is InChI=1S/C16H13NO4/c1-21-16(18)14-11-13(9-10-15(14)17(19)20)8-7-12-5-3-2-4-6-12/h2-11H,1H3/b8-7+. The van der Waals surface area contributed by atoms with Crippen LogP contribution >= 0.6 is 0 Å². The van der Waals surface area contributed by atoms with Gasteiger partial charge in [0.15, 0.2) is 0 Å². The Kier molecular flexibility index (Phi) is 4.46. The molecule has 0 N–H and O–H groups in total. The van der Waals surface area contributed by atoms with Crippen LogP contribution in [0.1, 0.15) is 21.5 Å². The fourth-order valence-electron chi connectivity index (χ4n) is 1.85. The number of rotatable bonds is 4. The van der Waals surface area contributed by atoms with E-state index in [-0.39, 0.29) is 11.3 Å². The van der Waals surface area contributed by atoms with Gasteiger partial charge in [-0.15, -0.1) is 0 Å². The number of hydrogen-bond donors (Lipinski definition) is 0. The normalized spacial score (nSPS) is 10.5. The zero-order valence-corrected chi connectivity index (χ0v) is 11.4. The molecule has 0 radical (unpaired) electrons. The summed E-state index contributed by atoms with van der Waals surface area (Å²) in [5.41, 5.74) is 1.36. The van der Waals surface area contributed by atoms with E-state index in [1.807, 2.05) is 36.4 Å². The van der Waals surface area contributed by atoms with Gasteiger partial charge in [-0.3, -0.25) is 10.1 Å². The van der Waals surface area contributed by atoms with E-state index in [0.717, 1.165) is 5.56 Å². The third-order valence-electron chi connectivity index (χ3n) is 2.89. The van der Waals surface area contributed by atoms with Crippen LogP contribution in [0.25, 0.3) is 12.2 Å². The van der Waals surface area contributed by atoms with Crippen molar-refractivity contribution in [1.82, 2.24) is 0 Å². The Morgan fingerprint density at radius 3 is 2.38 bits per heavy atom. The lowest BCUT2D eigenvalue weighted by molar-refractivity contribution is -0.385. The number of methoxy groups -OCH3 is 1. The van der Waals surface area contributed by atoms with Gasteiger partial charge in [-0.2, -0.15) is 0 Å². The Hall–Kier alpha value is -2.95. The van der Waals surface area contributed by atoms with Gasteiger partial charge in [0.25, 0.3) is 5.69 Å².